The lowest BCUT2D eigenvalue weighted by Crippen LogP contribution is -2.04. The second-order valence-corrected chi connectivity index (χ2v) is 3.37. The van der Waals surface area contributed by atoms with Crippen LogP contribution in [0.2, 0.25) is 0 Å². The second-order valence-electron chi connectivity index (χ2n) is 3.37. The van der Waals surface area contributed by atoms with E-state index in [1.165, 1.54) is 0 Å². The van der Waals surface area contributed by atoms with Crippen LogP contribution in [0, 0.1) is 5.92 Å². The van der Waals surface area contributed by atoms with Crippen molar-refractivity contribution in [2.75, 3.05) is 6.61 Å². The molecule has 0 amide bonds. The predicted molar refractivity (Wildman–Crippen MR) is 54.5 cm³/mol. The van der Waals surface area contributed by atoms with Gasteiger partial charge in [-0.05, 0) is 25.7 Å². The van der Waals surface area contributed by atoms with E-state index in [2.05, 4.69) is 13.8 Å². The summed E-state index contributed by atoms with van der Waals surface area (Å²) < 4.78 is 4.94. The molecular weight excluding hydrogens is 164 g/mol. The standard InChI is InChI=1S/C11H20O2/c1-5-7-13-11(12)8-10(4)9(3)6-2/h8-9H,5-7H2,1-4H3. The average Bonchev–Trinajstić information content (AvgIpc) is 2.13. The first-order valence-corrected chi connectivity index (χ1v) is 4.96. The number of allylic oxidation sites excluding steroid dienone is 1. The molecule has 0 radical (unpaired) electrons. The lowest BCUT2D eigenvalue weighted by Gasteiger charge is -2.08. The topological polar surface area (TPSA) is 26.3 Å². The van der Waals surface area contributed by atoms with Gasteiger partial charge >= 0.3 is 5.97 Å². The molecule has 0 aromatic rings. The maximum Gasteiger partial charge on any atom is 0.330 e. The van der Waals surface area contributed by atoms with Crippen LogP contribution >= 0.6 is 0 Å². The van der Waals surface area contributed by atoms with Crippen molar-refractivity contribution in [1.29, 1.82) is 0 Å². The monoisotopic (exact) mass is 184 g/mol. The number of hydrogen-bond acceptors (Lipinski definition) is 2. The van der Waals surface area contributed by atoms with Gasteiger partial charge in [0, 0.05) is 6.08 Å². The molecule has 0 aliphatic heterocycles. The van der Waals surface area contributed by atoms with E-state index < -0.39 is 0 Å². The number of ether oxygens (including phenoxy) is 1. The summed E-state index contributed by atoms with van der Waals surface area (Å²) in [5.74, 6) is 0.258. The fourth-order valence-corrected chi connectivity index (χ4v) is 0.894. The maximum absolute atomic E-state index is 11.1. The maximum atomic E-state index is 11.1. The van der Waals surface area contributed by atoms with E-state index in [1.54, 1.807) is 6.08 Å². The molecule has 1 unspecified atom stereocenters. The number of rotatable bonds is 5. The molecule has 0 aromatic heterocycles. The third kappa shape index (κ3) is 5.45. The molecule has 2 heteroatoms. The Bertz CT molecular complexity index is 183. The van der Waals surface area contributed by atoms with Gasteiger partial charge in [0.2, 0.25) is 0 Å². The van der Waals surface area contributed by atoms with Crippen molar-refractivity contribution in [3.63, 3.8) is 0 Å². The van der Waals surface area contributed by atoms with Crippen LogP contribution in [0.15, 0.2) is 11.6 Å². The molecule has 2 nitrogen and oxygen atoms in total. The normalized spacial score (nSPS) is 14.0. The Balaban J connectivity index is 3.98. The number of carbonyl (C=O) groups is 1. The summed E-state index contributed by atoms with van der Waals surface area (Å²) in [6.07, 6.45) is 3.54. The largest absolute Gasteiger partial charge is 0.463 e. The van der Waals surface area contributed by atoms with Crippen molar-refractivity contribution in [1.82, 2.24) is 0 Å². The van der Waals surface area contributed by atoms with Gasteiger partial charge in [-0.25, -0.2) is 4.79 Å². The van der Waals surface area contributed by atoms with Gasteiger partial charge in [-0.15, -0.1) is 0 Å². The molecule has 0 fully saturated rings. The highest BCUT2D eigenvalue weighted by Crippen LogP contribution is 2.12. The van der Waals surface area contributed by atoms with Crippen molar-refractivity contribution in [3.8, 4) is 0 Å². The van der Waals surface area contributed by atoms with Crippen LogP contribution in [0.1, 0.15) is 40.5 Å². The van der Waals surface area contributed by atoms with E-state index in [4.69, 9.17) is 4.74 Å². The SMILES string of the molecule is CCCOC(=O)C=C(C)C(C)CC. The molecule has 0 spiro atoms. The van der Waals surface area contributed by atoms with Crippen molar-refractivity contribution in [3.05, 3.63) is 11.6 Å². The van der Waals surface area contributed by atoms with Crippen LogP contribution in [-0.4, -0.2) is 12.6 Å². The Morgan fingerprint density at radius 3 is 2.54 bits per heavy atom. The van der Waals surface area contributed by atoms with Crippen molar-refractivity contribution in [2.24, 2.45) is 5.92 Å². The molecule has 13 heavy (non-hydrogen) atoms. The van der Waals surface area contributed by atoms with E-state index in [-0.39, 0.29) is 5.97 Å². The third-order valence-corrected chi connectivity index (χ3v) is 2.18. The third-order valence-electron chi connectivity index (χ3n) is 2.18. The Hall–Kier alpha value is -0.790. The van der Waals surface area contributed by atoms with E-state index in [0.717, 1.165) is 18.4 Å². The van der Waals surface area contributed by atoms with Crippen LogP contribution in [0.3, 0.4) is 0 Å². The first-order chi connectivity index (χ1) is 6.11. The van der Waals surface area contributed by atoms with Crippen LogP contribution in [-0.2, 0) is 9.53 Å². The lowest BCUT2D eigenvalue weighted by molar-refractivity contribution is -0.137. The van der Waals surface area contributed by atoms with Gasteiger partial charge in [-0.3, -0.25) is 0 Å². The number of esters is 1. The molecular formula is C11H20O2. The summed E-state index contributed by atoms with van der Waals surface area (Å²) in [5.41, 5.74) is 1.10. The highest BCUT2D eigenvalue weighted by molar-refractivity contribution is 5.82. The number of hydrogen-bond donors (Lipinski definition) is 0. The van der Waals surface area contributed by atoms with Crippen LogP contribution in [0.4, 0.5) is 0 Å². The van der Waals surface area contributed by atoms with Gasteiger partial charge in [0.25, 0.3) is 0 Å². The van der Waals surface area contributed by atoms with Crippen molar-refractivity contribution >= 4 is 5.97 Å². The van der Waals surface area contributed by atoms with Crippen LogP contribution in [0.25, 0.3) is 0 Å². The van der Waals surface area contributed by atoms with E-state index in [0.29, 0.717) is 12.5 Å². The number of carbonyl (C=O) groups excluding carboxylic acids is 1. The summed E-state index contributed by atoms with van der Waals surface area (Å²) in [6, 6.07) is 0. The lowest BCUT2D eigenvalue weighted by atomic mass is 10.00. The molecule has 0 aromatic carbocycles. The molecule has 0 rings (SSSR count). The van der Waals surface area contributed by atoms with Gasteiger partial charge in [0.1, 0.15) is 0 Å². The summed E-state index contributed by atoms with van der Waals surface area (Å²) in [6.45, 7) is 8.70. The molecule has 0 aliphatic rings. The summed E-state index contributed by atoms with van der Waals surface area (Å²) >= 11 is 0. The first kappa shape index (κ1) is 12.2. The highest BCUT2D eigenvalue weighted by Gasteiger charge is 2.04. The fourth-order valence-electron chi connectivity index (χ4n) is 0.894. The Kier molecular flexibility index (Phi) is 6.29. The van der Waals surface area contributed by atoms with Crippen molar-refractivity contribution < 1.29 is 9.53 Å². The van der Waals surface area contributed by atoms with Crippen LogP contribution in [0.5, 0.6) is 0 Å². The molecule has 0 bridgehead atoms. The van der Waals surface area contributed by atoms with Gasteiger partial charge in [-0.1, -0.05) is 26.3 Å². The average molecular weight is 184 g/mol. The van der Waals surface area contributed by atoms with Gasteiger partial charge in [0.05, 0.1) is 6.61 Å². The zero-order valence-corrected chi connectivity index (χ0v) is 9.09. The zero-order valence-electron chi connectivity index (χ0n) is 9.09. The van der Waals surface area contributed by atoms with Gasteiger partial charge < -0.3 is 4.74 Å². The quantitative estimate of drug-likeness (QED) is 0.485. The summed E-state index contributed by atoms with van der Waals surface area (Å²) in [7, 11) is 0. The Morgan fingerprint density at radius 1 is 1.46 bits per heavy atom. The smallest absolute Gasteiger partial charge is 0.330 e. The molecule has 0 heterocycles. The van der Waals surface area contributed by atoms with Crippen molar-refractivity contribution in [2.45, 2.75) is 40.5 Å². The van der Waals surface area contributed by atoms with E-state index in [9.17, 15) is 4.79 Å². The second kappa shape index (κ2) is 6.70. The Labute approximate surface area is 81.0 Å². The summed E-state index contributed by atoms with van der Waals surface area (Å²) in [4.78, 5) is 11.1. The highest BCUT2D eigenvalue weighted by atomic mass is 16.5. The molecule has 0 saturated carbocycles. The van der Waals surface area contributed by atoms with Crippen LogP contribution < -0.4 is 0 Å². The van der Waals surface area contributed by atoms with E-state index >= 15 is 0 Å². The Morgan fingerprint density at radius 2 is 2.08 bits per heavy atom. The fraction of sp³-hybridized carbons (Fsp3) is 0.727. The summed E-state index contributed by atoms with van der Waals surface area (Å²) in [5, 5.41) is 0. The molecule has 0 saturated heterocycles. The van der Waals surface area contributed by atoms with Gasteiger partial charge in [0.15, 0.2) is 0 Å². The zero-order chi connectivity index (χ0) is 10.3. The molecule has 1 atom stereocenters. The van der Waals surface area contributed by atoms with Gasteiger partial charge in [-0.2, -0.15) is 0 Å². The molecule has 0 aliphatic carbocycles. The predicted octanol–water partition coefficient (Wildman–Crippen LogP) is 2.93. The molecule has 0 N–H and O–H groups in total. The first-order valence-electron chi connectivity index (χ1n) is 4.96. The minimum Gasteiger partial charge on any atom is -0.463 e. The van der Waals surface area contributed by atoms with E-state index in [1.807, 2.05) is 13.8 Å². The molecule has 76 valence electrons. The minimum atomic E-state index is -0.209. The minimum absolute atomic E-state index is 0.209.